The van der Waals surface area contributed by atoms with Crippen molar-refractivity contribution in [2.24, 2.45) is 16.3 Å². The van der Waals surface area contributed by atoms with Crippen LogP contribution in [0.1, 0.15) is 40.5 Å². The minimum atomic E-state index is -0.232. The quantitative estimate of drug-likeness (QED) is 0.357. The van der Waals surface area contributed by atoms with Crippen molar-refractivity contribution in [2.45, 2.75) is 45.3 Å². The van der Waals surface area contributed by atoms with E-state index in [9.17, 15) is 0 Å². The van der Waals surface area contributed by atoms with Gasteiger partial charge in [0.15, 0.2) is 0 Å². The summed E-state index contributed by atoms with van der Waals surface area (Å²) in [5, 5.41) is 11.9. The molecular formula is C13H27N3OS. The first-order chi connectivity index (χ1) is 8.27. The second-order valence-corrected chi connectivity index (χ2v) is 8.12. The SMILES string of the molecule is CC1(C)CCN(CCC(C)(C)C(N)=NO)CCS1. The Morgan fingerprint density at radius 1 is 1.44 bits per heavy atom. The molecule has 1 saturated heterocycles. The van der Waals surface area contributed by atoms with Crippen molar-refractivity contribution in [3.8, 4) is 0 Å². The highest BCUT2D eigenvalue weighted by Gasteiger charge is 2.27. The zero-order valence-electron chi connectivity index (χ0n) is 12.1. The van der Waals surface area contributed by atoms with Crippen molar-refractivity contribution in [2.75, 3.05) is 25.4 Å². The normalized spacial score (nSPS) is 22.8. The molecule has 1 rings (SSSR count). The predicted octanol–water partition coefficient (Wildman–Crippen LogP) is 2.37. The molecule has 0 bridgehead atoms. The standard InChI is InChI=1S/C13H27N3OS/c1-12(2,11(14)15-17)5-7-16-8-6-13(3,4)18-10-9-16/h17H,5-10H2,1-4H3,(H2,14,15). The topological polar surface area (TPSA) is 61.8 Å². The Labute approximate surface area is 115 Å². The average molecular weight is 273 g/mol. The molecule has 0 unspecified atom stereocenters. The van der Waals surface area contributed by atoms with Gasteiger partial charge in [-0.3, -0.25) is 0 Å². The second kappa shape index (κ2) is 6.15. The van der Waals surface area contributed by atoms with Crippen molar-refractivity contribution >= 4 is 17.6 Å². The number of nitrogens with zero attached hydrogens (tertiary/aromatic N) is 2. The molecule has 1 fully saturated rings. The summed E-state index contributed by atoms with van der Waals surface area (Å²) in [6.45, 7) is 12.0. The van der Waals surface area contributed by atoms with Crippen LogP contribution in [0.15, 0.2) is 5.16 Å². The second-order valence-electron chi connectivity index (χ2n) is 6.32. The Kier molecular flexibility index (Phi) is 5.34. The van der Waals surface area contributed by atoms with Crippen LogP contribution in [0.2, 0.25) is 0 Å². The molecule has 0 aromatic rings. The molecule has 0 aliphatic carbocycles. The first-order valence-electron chi connectivity index (χ1n) is 6.61. The van der Waals surface area contributed by atoms with Crippen molar-refractivity contribution < 1.29 is 5.21 Å². The zero-order chi connectivity index (χ0) is 13.8. The van der Waals surface area contributed by atoms with Gasteiger partial charge in [-0.1, -0.05) is 32.9 Å². The van der Waals surface area contributed by atoms with Gasteiger partial charge in [0.1, 0.15) is 5.84 Å². The molecule has 0 atom stereocenters. The van der Waals surface area contributed by atoms with Gasteiger partial charge in [-0.2, -0.15) is 11.8 Å². The van der Waals surface area contributed by atoms with Gasteiger partial charge in [-0.15, -0.1) is 0 Å². The minimum Gasteiger partial charge on any atom is -0.409 e. The highest BCUT2D eigenvalue weighted by molar-refractivity contribution is 8.00. The molecule has 0 radical (unpaired) electrons. The van der Waals surface area contributed by atoms with Crippen LogP contribution in [0.25, 0.3) is 0 Å². The summed E-state index contributed by atoms with van der Waals surface area (Å²) in [4.78, 5) is 2.49. The number of rotatable bonds is 4. The van der Waals surface area contributed by atoms with Gasteiger partial charge in [0.05, 0.1) is 0 Å². The molecule has 3 N–H and O–H groups in total. The summed E-state index contributed by atoms with van der Waals surface area (Å²) in [6, 6.07) is 0. The molecule has 18 heavy (non-hydrogen) atoms. The number of thioether (sulfide) groups is 1. The maximum Gasteiger partial charge on any atom is 0.144 e. The number of oxime groups is 1. The summed E-state index contributed by atoms with van der Waals surface area (Å²) >= 11 is 2.06. The largest absolute Gasteiger partial charge is 0.409 e. The van der Waals surface area contributed by atoms with E-state index in [-0.39, 0.29) is 5.41 Å². The van der Waals surface area contributed by atoms with Crippen LogP contribution in [0.5, 0.6) is 0 Å². The molecule has 1 aliphatic heterocycles. The molecule has 0 saturated carbocycles. The minimum absolute atomic E-state index is 0.232. The predicted molar refractivity (Wildman–Crippen MR) is 79.4 cm³/mol. The van der Waals surface area contributed by atoms with E-state index in [0.717, 1.165) is 26.1 Å². The summed E-state index contributed by atoms with van der Waals surface area (Å²) < 4.78 is 0.399. The Hall–Kier alpha value is -0.420. The number of nitrogens with two attached hydrogens (primary N) is 1. The monoisotopic (exact) mass is 273 g/mol. The van der Waals surface area contributed by atoms with Crippen molar-refractivity contribution in [3.05, 3.63) is 0 Å². The van der Waals surface area contributed by atoms with E-state index in [4.69, 9.17) is 10.9 Å². The fraction of sp³-hybridized carbons (Fsp3) is 0.923. The van der Waals surface area contributed by atoms with Gasteiger partial charge in [-0.05, 0) is 25.9 Å². The van der Waals surface area contributed by atoms with E-state index in [0.29, 0.717) is 10.6 Å². The van der Waals surface area contributed by atoms with Crippen LogP contribution < -0.4 is 5.73 Å². The van der Waals surface area contributed by atoms with E-state index in [1.54, 1.807) is 0 Å². The lowest BCUT2D eigenvalue weighted by Crippen LogP contribution is -2.37. The van der Waals surface area contributed by atoms with Gasteiger partial charge >= 0.3 is 0 Å². The summed E-state index contributed by atoms with van der Waals surface area (Å²) in [6.07, 6.45) is 2.15. The van der Waals surface area contributed by atoms with Gasteiger partial charge in [-0.25, -0.2) is 0 Å². The molecule has 1 aliphatic rings. The van der Waals surface area contributed by atoms with E-state index in [2.05, 4.69) is 35.7 Å². The molecule has 5 heteroatoms. The maximum absolute atomic E-state index is 8.77. The molecule has 0 aromatic heterocycles. The van der Waals surface area contributed by atoms with Gasteiger partial charge < -0.3 is 15.8 Å². The summed E-state index contributed by atoms with van der Waals surface area (Å²) in [7, 11) is 0. The van der Waals surface area contributed by atoms with Crippen LogP contribution in [0.4, 0.5) is 0 Å². The Balaban J connectivity index is 2.44. The fourth-order valence-electron chi connectivity index (χ4n) is 1.99. The molecule has 0 aromatic carbocycles. The lowest BCUT2D eigenvalue weighted by atomic mass is 9.88. The van der Waals surface area contributed by atoms with E-state index < -0.39 is 0 Å². The highest BCUT2D eigenvalue weighted by atomic mass is 32.2. The highest BCUT2D eigenvalue weighted by Crippen LogP contribution is 2.31. The average Bonchev–Trinajstić information content (AvgIpc) is 2.46. The number of hydrogen-bond acceptors (Lipinski definition) is 4. The molecule has 1 heterocycles. The molecular weight excluding hydrogens is 246 g/mol. The molecule has 4 nitrogen and oxygen atoms in total. The first kappa shape index (κ1) is 15.6. The van der Waals surface area contributed by atoms with Crippen molar-refractivity contribution in [1.82, 2.24) is 4.90 Å². The van der Waals surface area contributed by atoms with Gasteiger partial charge in [0.2, 0.25) is 0 Å². The van der Waals surface area contributed by atoms with Gasteiger partial charge in [0, 0.05) is 22.5 Å². The van der Waals surface area contributed by atoms with E-state index in [1.165, 1.54) is 12.2 Å². The van der Waals surface area contributed by atoms with Crippen molar-refractivity contribution in [1.29, 1.82) is 0 Å². The molecule has 0 spiro atoms. The fourth-order valence-corrected chi connectivity index (χ4v) is 3.12. The Morgan fingerprint density at radius 2 is 2.11 bits per heavy atom. The van der Waals surface area contributed by atoms with Gasteiger partial charge in [0.25, 0.3) is 0 Å². The summed E-state index contributed by atoms with van der Waals surface area (Å²) in [5.74, 6) is 1.52. The maximum atomic E-state index is 8.77. The lowest BCUT2D eigenvalue weighted by molar-refractivity contribution is 0.248. The van der Waals surface area contributed by atoms with E-state index in [1.807, 2.05) is 13.8 Å². The van der Waals surface area contributed by atoms with Crippen LogP contribution >= 0.6 is 11.8 Å². The van der Waals surface area contributed by atoms with Crippen LogP contribution in [0.3, 0.4) is 0 Å². The third-order valence-electron chi connectivity index (χ3n) is 3.78. The molecule has 106 valence electrons. The Bertz CT molecular complexity index is 303. The molecule has 0 amide bonds. The smallest absolute Gasteiger partial charge is 0.144 e. The van der Waals surface area contributed by atoms with Crippen LogP contribution in [-0.4, -0.2) is 46.1 Å². The number of amidine groups is 1. The Morgan fingerprint density at radius 3 is 2.72 bits per heavy atom. The van der Waals surface area contributed by atoms with Crippen LogP contribution in [-0.2, 0) is 0 Å². The zero-order valence-corrected chi connectivity index (χ0v) is 12.9. The third-order valence-corrected chi connectivity index (χ3v) is 5.16. The third kappa shape index (κ3) is 4.69. The van der Waals surface area contributed by atoms with Crippen molar-refractivity contribution in [3.63, 3.8) is 0 Å². The summed E-state index contributed by atoms with van der Waals surface area (Å²) in [5.41, 5.74) is 5.49. The van der Waals surface area contributed by atoms with Crippen LogP contribution in [0, 0.1) is 5.41 Å². The number of hydrogen-bond donors (Lipinski definition) is 2. The first-order valence-corrected chi connectivity index (χ1v) is 7.60. The lowest BCUT2D eigenvalue weighted by Gasteiger charge is -2.28. The van der Waals surface area contributed by atoms with E-state index >= 15 is 0 Å².